The number of pyridine rings is 2. The maximum Gasteiger partial charge on any atom is 0.255 e. The van der Waals surface area contributed by atoms with Gasteiger partial charge in [0.1, 0.15) is 0 Å². The summed E-state index contributed by atoms with van der Waals surface area (Å²) < 4.78 is 0. The SMILES string of the molecule is CC(C)c1[nH]c(=O)ccc1C(=O)N1C[C@@H](Cc2ccc3ccccc3n2)[C@H](O)C1. The Morgan fingerprint density at radius 2 is 1.97 bits per heavy atom. The van der Waals surface area contributed by atoms with Crippen molar-refractivity contribution in [2.75, 3.05) is 13.1 Å². The zero-order valence-electron chi connectivity index (χ0n) is 16.6. The molecule has 4 rings (SSSR count). The Labute approximate surface area is 169 Å². The van der Waals surface area contributed by atoms with E-state index in [1.807, 2.05) is 50.2 Å². The lowest BCUT2D eigenvalue weighted by molar-refractivity contribution is 0.0762. The van der Waals surface area contributed by atoms with Crippen LogP contribution in [0.1, 0.15) is 41.5 Å². The van der Waals surface area contributed by atoms with Gasteiger partial charge in [-0.15, -0.1) is 0 Å². The van der Waals surface area contributed by atoms with Crippen LogP contribution in [-0.4, -0.2) is 45.1 Å². The van der Waals surface area contributed by atoms with Gasteiger partial charge in [-0.1, -0.05) is 38.1 Å². The molecule has 2 atom stereocenters. The molecule has 29 heavy (non-hydrogen) atoms. The summed E-state index contributed by atoms with van der Waals surface area (Å²) in [5.74, 6) is -0.205. The van der Waals surface area contributed by atoms with Gasteiger partial charge in [0.2, 0.25) is 5.56 Å². The number of nitrogens with one attached hydrogen (secondary N) is 1. The Bertz CT molecular complexity index is 1110. The second-order valence-corrected chi connectivity index (χ2v) is 8.04. The monoisotopic (exact) mass is 391 g/mol. The Balaban J connectivity index is 1.52. The van der Waals surface area contributed by atoms with E-state index in [0.717, 1.165) is 16.6 Å². The molecule has 0 aliphatic carbocycles. The summed E-state index contributed by atoms with van der Waals surface area (Å²) in [5.41, 5.74) is 2.76. The highest BCUT2D eigenvalue weighted by atomic mass is 16.3. The van der Waals surface area contributed by atoms with Crippen LogP contribution in [-0.2, 0) is 6.42 Å². The van der Waals surface area contributed by atoms with Crippen LogP contribution >= 0.6 is 0 Å². The number of aliphatic hydroxyl groups excluding tert-OH is 1. The van der Waals surface area contributed by atoms with Crippen molar-refractivity contribution in [2.24, 2.45) is 5.92 Å². The minimum absolute atomic E-state index is 0.0213. The van der Waals surface area contributed by atoms with Crippen molar-refractivity contribution in [3.05, 3.63) is 75.8 Å². The smallest absolute Gasteiger partial charge is 0.255 e. The van der Waals surface area contributed by atoms with Crippen LogP contribution in [0.5, 0.6) is 0 Å². The molecule has 150 valence electrons. The van der Waals surface area contributed by atoms with E-state index in [-0.39, 0.29) is 29.8 Å². The standard InChI is InChI=1S/C23H25N3O3/c1-14(2)22-18(9-10-21(28)25-22)23(29)26-12-16(20(27)13-26)11-17-8-7-15-5-3-4-6-19(15)24-17/h3-10,14,16,20,27H,11-13H2,1-2H3,(H,25,28)/t16-,20-/m1/s1. The molecular weight excluding hydrogens is 366 g/mol. The molecule has 1 aliphatic rings. The largest absolute Gasteiger partial charge is 0.391 e. The second kappa shape index (κ2) is 7.79. The van der Waals surface area contributed by atoms with Gasteiger partial charge in [0, 0.05) is 41.8 Å². The highest BCUT2D eigenvalue weighted by Gasteiger charge is 2.35. The van der Waals surface area contributed by atoms with Crippen LogP contribution in [0, 0.1) is 5.92 Å². The number of para-hydroxylation sites is 1. The number of carbonyl (C=O) groups excluding carboxylic acids is 1. The van der Waals surface area contributed by atoms with Crippen LogP contribution in [0.2, 0.25) is 0 Å². The fourth-order valence-corrected chi connectivity index (χ4v) is 4.01. The number of hydrogen-bond donors (Lipinski definition) is 2. The Kier molecular flexibility index (Phi) is 5.20. The number of benzene rings is 1. The van der Waals surface area contributed by atoms with E-state index in [4.69, 9.17) is 4.98 Å². The van der Waals surface area contributed by atoms with Gasteiger partial charge in [0.05, 0.1) is 17.2 Å². The molecule has 3 heterocycles. The summed E-state index contributed by atoms with van der Waals surface area (Å²) in [4.78, 5) is 33.9. The second-order valence-electron chi connectivity index (χ2n) is 8.04. The number of H-pyrrole nitrogens is 1. The molecule has 0 saturated carbocycles. The van der Waals surface area contributed by atoms with Gasteiger partial charge in [-0.3, -0.25) is 14.6 Å². The lowest BCUT2D eigenvalue weighted by Gasteiger charge is -2.19. The number of aliphatic hydroxyl groups is 1. The van der Waals surface area contributed by atoms with Gasteiger partial charge < -0.3 is 15.0 Å². The number of fused-ring (bicyclic) bond motifs is 1. The summed E-state index contributed by atoms with van der Waals surface area (Å²) >= 11 is 0. The molecule has 0 radical (unpaired) electrons. The molecule has 6 nitrogen and oxygen atoms in total. The molecule has 6 heteroatoms. The van der Waals surface area contributed by atoms with E-state index in [1.54, 1.807) is 11.0 Å². The quantitative estimate of drug-likeness (QED) is 0.716. The third kappa shape index (κ3) is 3.93. The van der Waals surface area contributed by atoms with Crippen molar-refractivity contribution < 1.29 is 9.90 Å². The molecule has 1 saturated heterocycles. The highest BCUT2D eigenvalue weighted by molar-refractivity contribution is 5.95. The average Bonchev–Trinajstić information content (AvgIpc) is 3.07. The van der Waals surface area contributed by atoms with Crippen molar-refractivity contribution >= 4 is 16.8 Å². The number of likely N-dealkylation sites (tertiary alicyclic amines) is 1. The van der Waals surface area contributed by atoms with Gasteiger partial charge in [-0.2, -0.15) is 0 Å². The summed E-state index contributed by atoms with van der Waals surface area (Å²) in [6, 6.07) is 14.9. The number of aromatic nitrogens is 2. The number of amides is 1. The normalized spacial score (nSPS) is 19.2. The van der Waals surface area contributed by atoms with E-state index in [0.29, 0.717) is 24.2 Å². The fourth-order valence-electron chi connectivity index (χ4n) is 4.01. The lowest BCUT2D eigenvalue weighted by Crippen LogP contribution is -2.31. The maximum absolute atomic E-state index is 13.1. The van der Waals surface area contributed by atoms with Crippen molar-refractivity contribution in [3.63, 3.8) is 0 Å². The first-order valence-electron chi connectivity index (χ1n) is 9.97. The third-order valence-corrected chi connectivity index (χ3v) is 5.58. The molecule has 3 aromatic rings. The first kappa shape index (κ1) is 19.3. The number of β-amino-alcohol motifs (C(OH)–C–C–N with tert-alkyl or cyclic N) is 1. The van der Waals surface area contributed by atoms with Gasteiger partial charge in [-0.25, -0.2) is 0 Å². The molecule has 0 bridgehead atoms. The Morgan fingerprint density at radius 3 is 2.76 bits per heavy atom. The summed E-state index contributed by atoms with van der Waals surface area (Å²) in [7, 11) is 0. The average molecular weight is 391 g/mol. The topological polar surface area (TPSA) is 86.3 Å². The third-order valence-electron chi connectivity index (χ3n) is 5.58. The van der Waals surface area contributed by atoms with Crippen LogP contribution < -0.4 is 5.56 Å². The van der Waals surface area contributed by atoms with Crippen molar-refractivity contribution in [1.82, 2.24) is 14.9 Å². The number of nitrogens with zero attached hydrogens (tertiary/aromatic N) is 2. The molecule has 2 aromatic heterocycles. The van der Waals surface area contributed by atoms with Crippen LogP contribution in [0.3, 0.4) is 0 Å². The van der Waals surface area contributed by atoms with Crippen molar-refractivity contribution in [2.45, 2.75) is 32.3 Å². The first-order valence-corrected chi connectivity index (χ1v) is 9.97. The molecule has 1 amide bonds. The van der Waals surface area contributed by atoms with Crippen LogP contribution in [0.15, 0.2) is 53.3 Å². The predicted molar refractivity (Wildman–Crippen MR) is 112 cm³/mol. The Hall–Kier alpha value is -2.99. The molecule has 0 unspecified atom stereocenters. The van der Waals surface area contributed by atoms with Crippen LogP contribution in [0.4, 0.5) is 0 Å². The number of hydrogen-bond acceptors (Lipinski definition) is 4. The van der Waals surface area contributed by atoms with E-state index < -0.39 is 6.10 Å². The predicted octanol–water partition coefficient (Wildman–Crippen LogP) is 2.72. The molecule has 1 fully saturated rings. The fraction of sp³-hybridized carbons (Fsp3) is 0.348. The number of rotatable bonds is 4. The summed E-state index contributed by atoms with van der Waals surface area (Å²) in [6.45, 7) is 4.63. The number of aromatic amines is 1. The maximum atomic E-state index is 13.1. The van der Waals surface area contributed by atoms with Gasteiger partial charge in [0.25, 0.3) is 5.91 Å². The zero-order chi connectivity index (χ0) is 20.5. The van der Waals surface area contributed by atoms with E-state index in [2.05, 4.69) is 4.98 Å². The van der Waals surface area contributed by atoms with Crippen molar-refractivity contribution in [3.8, 4) is 0 Å². The minimum Gasteiger partial charge on any atom is -0.391 e. The van der Waals surface area contributed by atoms with Gasteiger partial charge in [-0.05, 0) is 30.5 Å². The van der Waals surface area contributed by atoms with E-state index in [1.165, 1.54) is 6.07 Å². The summed E-state index contributed by atoms with van der Waals surface area (Å²) in [6.07, 6.45) is 0.0100. The van der Waals surface area contributed by atoms with E-state index >= 15 is 0 Å². The van der Waals surface area contributed by atoms with Gasteiger partial charge in [0.15, 0.2) is 0 Å². The molecule has 2 N–H and O–H groups in total. The Morgan fingerprint density at radius 1 is 1.17 bits per heavy atom. The highest BCUT2D eigenvalue weighted by Crippen LogP contribution is 2.25. The molecule has 1 aromatic carbocycles. The zero-order valence-corrected chi connectivity index (χ0v) is 16.6. The summed E-state index contributed by atoms with van der Waals surface area (Å²) in [5, 5.41) is 11.7. The first-order chi connectivity index (χ1) is 13.9. The molecular formula is C23H25N3O3. The van der Waals surface area contributed by atoms with Crippen molar-refractivity contribution in [1.29, 1.82) is 0 Å². The lowest BCUT2D eigenvalue weighted by atomic mass is 9.99. The number of carbonyl (C=O) groups is 1. The van der Waals surface area contributed by atoms with Crippen LogP contribution in [0.25, 0.3) is 10.9 Å². The minimum atomic E-state index is -0.600. The van der Waals surface area contributed by atoms with Gasteiger partial charge >= 0.3 is 0 Å². The molecule has 1 aliphatic heterocycles. The van der Waals surface area contributed by atoms with E-state index in [9.17, 15) is 14.7 Å². The molecule has 0 spiro atoms.